The van der Waals surface area contributed by atoms with Crippen LogP contribution in [0.25, 0.3) is 11.1 Å². The summed E-state index contributed by atoms with van der Waals surface area (Å²) >= 11 is 6.76. The van der Waals surface area contributed by atoms with Crippen LogP contribution in [0.5, 0.6) is 17.2 Å². The maximum Gasteiger partial charge on any atom is 0.120 e. The number of ether oxygens (including phenoxy) is 2. The van der Waals surface area contributed by atoms with Crippen molar-refractivity contribution in [2.24, 2.45) is 0 Å². The first-order valence-corrected chi connectivity index (χ1v) is 13.4. The Morgan fingerprint density at radius 2 is 1.76 bits per heavy atom. The Hall–Kier alpha value is -3.02. The van der Waals surface area contributed by atoms with E-state index in [0.717, 1.165) is 84.6 Å². The fourth-order valence-corrected chi connectivity index (χ4v) is 5.80. The summed E-state index contributed by atoms with van der Waals surface area (Å²) in [4.78, 5) is 2.27. The highest BCUT2D eigenvalue weighted by molar-refractivity contribution is 6.33. The van der Waals surface area contributed by atoms with Crippen LogP contribution in [0.15, 0.2) is 60.7 Å². The summed E-state index contributed by atoms with van der Waals surface area (Å²) in [7, 11) is 1.64. The molecule has 3 aromatic carbocycles. The number of allylic oxidation sites excluding steroid dienone is 1. The first kappa shape index (κ1) is 28.0. The van der Waals surface area contributed by atoms with Crippen LogP contribution < -0.4 is 9.47 Å². The number of methoxy groups -OCH3 is 1. The van der Waals surface area contributed by atoms with Gasteiger partial charge in [0.15, 0.2) is 0 Å². The number of likely N-dealkylation sites (tertiary alicyclic amines) is 1. The monoisotopic (exact) mass is 537 g/mol. The topological polar surface area (TPSA) is 41.9 Å². The van der Waals surface area contributed by atoms with Crippen molar-refractivity contribution in [2.45, 2.75) is 45.6 Å². The van der Waals surface area contributed by atoms with E-state index < -0.39 is 0 Å². The molecule has 4 nitrogen and oxygen atoms in total. The van der Waals surface area contributed by atoms with Crippen molar-refractivity contribution in [1.29, 1.82) is 0 Å². The maximum atomic E-state index is 12.5. The normalized spacial score (nSPS) is 17.5. The highest BCUT2D eigenvalue weighted by Crippen LogP contribution is 2.43. The highest BCUT2D eigenvalue weighted by atomic mass is 35.5. The van der Waals surface area contributed by atoms with Gasteiger partial charge in [0, 0.05) is 19.6 Å². The van der Waals surface area contributed by atoms with Crippen LogP contribution in [-0.4, -0.2) is 49.5 Å². The van der Waals surface area contributed by atoms with E-state index in [9.17, 15) is 9.50 Å². The number of hydrogen-bond acceptors (Lipinski definition) is 4. The lowest BCUT2D eigenvalue weighted by Gasteiger charge is -2.19. The van der Waals surface area contributed by atoms with E-state index in [1.165, 1.54) is 5.57 Å². The summed E-state index contributed by atoms with van der Waals surface area (Å²) in [5.74, 6) is 1.85. The Bertz CT molecular complexity index is 1270. The van der Waals surface area contributed by atoms with Crippen LogP contribution in [0.4, 0.5) is 4.39 Å². The van der Waals surface area contributed by atoms with Gasteiger partial charge in [-0.05, 0) is 108 Å². The third kappa shape index (κ3) is 6.16. The first-order chi connectivity index (χ1) is 18.1. The van der Waals surface area contributed by atoms with Gasteiger partial charge in [-0.25, -0.2) is 0 Å². The summed E-state index contributed by atoms with van der Waals surface area (Å²) in [6.07, 6.45) is 4.37. The number of halogens is 2. The molecule has 3 aromatic rings. The van der Waals surface area contributed by atoms with Crippen molar-refractivity contribution in [2.75, 3.05) is 33.4 Å². The van der Waals surface area contributed by atoms with Crippen molar-refractivity contribution >= 4 is 22.7 Å². The molecule has 0 unspecified atom stereocenters. The molecule has 0 bridgehead atoms. The van der Waals surface area contributed by atoms with Crippen molar-refractivity contribution in [3.05, 3.63) is 87.9 Å². The highest BCUT2D eigenvalue weighted by Gasteiger charge is 2.25. The summed E-state index contributed by atoms with van der Waals surface area (Å²) in [6, 6.07) is 19.8. The Labute approximate surface area is 230 Å². The molecule has 5 rings (SSSR count). The van der Waals surface area contributed by atoms with Gasteiger partial charge in [0.2, 0.25) is 0 Å². The van der Waals surface area contributed by atoms with Crippen LogP contribution in [-0.2, 0) is 6.42 Å². The van der Waals surface area contributed by atoms with Crippen molar-refractivity contribution < 1.29 is 19.0 Å². The van der Waals surface area contributed by atoms with E-state index in [2.05, 4.69) is 17.0 Å². The molecule has 1 aliphatic carbocycles. The molecule has 1 atom stereocenters. The zero-order valence-electron chi connectivity index (χ0n) is 21.2. The van der Waals surface area contributed by atoms with Crippen LogP contribution in [0.2, 0.25) is 5.02 Å². The molecular weight excluding hydrogens is 501 g/mol. The number of alkyl halides is 1. The number of nitrogens with zero attached hydrogens (tertiary/aromatic N) is 1. The third-order valence-corrected chi connectivity index (χ3v) is 7.63. The van der Waals surface area contributed by atoms with Crippen molar-refractivity contribution in [1.82, 2.24) is 4.90 Å². The van der Waals surface area contributed by atoms with E-state index >= 15 is 0 Å². The minimum absolute atomic E-state index is 0. The van der Waals surface area contributed by atoms with E-state index in [-0.39, 0.29) is 26.0 Å². The average Bonchev–Trinajstić information content (AvgIpc) is 3.27. The number of phenolic OH excluding ortho intramolecular Hbond substituents is 1. The number of hydrogen-bond donors (Lipinski definition) is 1. The van der Waals surface area contributed by atoms with Crippen LogP contribution in [0.1, 0.15) is 55.4 Å². The fraction of sp³-hybridized carbons (Fsp3) is 0.375. The van der Waals surface area contributed by atoms with E-state index in [4.69, 9.17) is 21.1 Å². The van der Waals surface area contributed by atoms with Crippen molar-refractivity contribution in [3.8, 4) is 17.2 Å². The fourth-order valence-electron chi connectivity index (χ4n) is 5.51. The molecule has 202 valence electrons. The maximum absolute atomic E-state index is 12.5. The Kier molecular flexibility index (Phi) is 9.35. The van der Waals surface area contributed by atoms with Crippen LogP contribution in [0.3, 0.4) is 0 Å². The minimum atomic E-state index is -0.272. The Morgan fingerprint density at radius 3 is 2.50 bits per heavy atom. The lowest BCUT2D eigenvalue weighted by atomic mass is 9.87. The molecular formula is C32H37ClFNO3. The predicted octanol–water partition coefficient (Wildman–Crippen LogP) is 7.80. The van der Waals surface area contributed by atoms with Crippen molar-refractivity contribution in [3.63, 3.8) is 0 Å². The number of fused-ring (bicyclic) bond motifs is 1. The summed E-state index contributed by atoms with van der Waals surface area (Å²) in [5, 5.41) is 10.8. The molecule has 6 heteroatoms. The SMILES string of the molecule is C.COc1ccc(C2=C(c3ccc(O[C@H]4CCN(CCCF)C4)cc3)c3ccc(O)cc3CCC2)c(Cl)c1. The second-order valence-corrected chi connectivity index (χ2v) is 10.2. The van der Waals surface area contributed by atoms with Crippen LogP contribution in [0, 0.1) is 0 Å². The number of aromatic hydroxyl groups is 1. The molecule has 1 saturated heterocycles. The van der Waals surface area contributed by atoms with E-state index in [1.807, 2.05) is 42.5 Å². The summed E-state index contributed by atoms with van der Waals surface area (Å²) in [6.45, 7) is 2.30. The number of rotatable bonds is 8. The molecule has 1 heterocycles. The Morgan fingerprint density at radius 1 is 1.00 bits per heavy atom. The first-order valence-electron chi connectivity index (χ1n) is 13.0. The quantitative estimate of drug-likeness (QED) is 0.318. The van der Waals surface area contributed by atoms with E-state index in [0.29, 0.717) is 11.4 Å². The van der Waals surface area contributed by atoms with Gasteiger partial charge in [0.05, 0.1) is 18.8 Å². The standard InChI is InChI=1S/C31H33ClFNO3.CH4/c1-36-25-11-13-28(30(32)19-25)29-5-2-4-22-18-23(35)8-12-27(22)31(29)21-6-9-24(10-7-21)37-26-14-17-34(20-26)16-3-15-33;/h6-13,18-19,26,35H,2-5,14-17,20H2,1H3;1H4/t26-;/m0./s1. The number of benzene rings is 3. The minimum Gasteiger partial charge on any atom is -0.508 e. The number of phenols is 1. The second kappa shape index (κ2) is 12.7. The second-order valence-electron chi connectivity index (χ2n) is 9.79. The Balaban J connectivity index is 0.00000336. The predicted molar refractivity (Wildman–Crippen MR) is 154 cm³/mol. The number of aryl methyl sites for hydroxylation is 1. The van der Waals surface area contributed by atoms with Gasteiger partial charge < -0.3 is 14.6 Å². The van der Waals surface area contributed by atoms with Gasteiger partial charge >= 0.3 is 0 Å². The average molecular weight is 538 g/mol. The van der Waals surface area contributed by atoms with Gasteiger partial charge in [-0.15, -0.1) is 0 Å². The summed E-state index contributed by atoms with van der Waals surface area (Å²) in [5.41, 5.74) is 6.64. The zero-order chi connectivity index (χ0) is 25.8. The molecule has 2 aliphatic rings. The molecule has 0 aromatic heterocycles. The molecule has 38 heavy (non-hydrogen) atoms. The molecule has 0 spiro atoms. The van der Waals surface area contributed by atoms with Gasteiger partial charge in [0.25, 0.3) is 0 Å². The van der Waals surface area contributed by atoms with Gasteiger partial charge in [-0.1, -0.05) is 37.2 Å². The van der Waals surface area contributed by atoms with Gasteiger partial charge in [-0.3, -0.25) is 9.29 Å². The zero-order valence-corrected chi connectivity index (χ0v) is 21.9. The summed E-state index contributed by atoms with van der Waals surface area (Å²) < 4.78 is 24.2. The largest absolute Gasteiger partial charge is 0.508 e. The van der Waals surface area contributed by atoms with Crippen LogP contribution >= 0.6 is 11.6 Å². The molecule has 0 saturated carbocycles. The third-order valence-electron chi connectivity index (χ3n) is 7.32. The molecule has 0 radical (unpaired) electrons. The lowest BCUT2D eigenvalue weighted by molar-refractivity contribution is 0.198. The molecule has 0 amide bonds. The van der Waals surface area contributed by atoms with Gasteiger partial charge in [-0.2, -0.15) is 0 Å². The molecule has 1 N–H and O–H groups in total. The van der Waals surface area contributed by atoms with Gasteiger partial charge in [0.1, 0.15) is 23.4 Å². The lowest BCUT2D eigenvalue weighted by Crippen LogP contribution is -2.26. The molecule has 1 aliphatic heterocycles. The molecule has 1 fully saturated rings. The smallest absolute Gasteiger partial charge is 0.120 e. The van der Waals surface area contributed by atoms with E-state index in [1.54, 1.807) is 13.2 Å².